The van der Waals surface area contributed by atoms with Gasteiger partial charge in [0.25, 0.3) is 0 Å². The molecule has 0 saturated carbocycles. The molecule has 0 bridgehead atoms. The highest BCUT2D eigenvalue weighted by Gasteiger charge is 2.10. The summed E-state index contributed by atoms with van der Waals surface area (Å²) >= 11 is 0. The van der Waals surface area contributed by atoms with E-state index in [1.807, 2.05) is 18.3 Å². The summed E-state index contributed by atoms with van der Waals surface area (Å²) in [6, 6.07) is 12.5. The third-order valence-corrected chi connectivity index (χ3v) is 2.81. The summed E-state index contributed by atoms with van der Waals surface area (Å²) in [7, 11) is 0. The third kappa shape index (κ3) is 3.12. The van der Waals surface area contributed by atoms with E-state index >= 15 is 0 Å². The zero-order chi connectivity index (χ0) is 12.1. The monoisotopic (exact) mass is 227 g/mol. The topological polar surface area (TPSA) is 50.9 Å². The summed E-state index contributed by atoms with van der Waals surface area (Å²) in [4.78, 5) is 4.12. The molecule has 1 aromatic heterocycles. The van der Waals surface area contributed by atoms with Gasteiger partial charge in [0.15, 0.2) is 0 Å². The maximum Gasteiger partial charge on any atom is 0.0515 e. The Morgan fingerprint density at radius 1 is 1.29 bits per heavy atom. The minimum Gasteiger partial charge on any atom is -0.271 e. The van der Waals surface area contributed by atoms with Gasteiger partial charge in [0, 0.05) is 12.4 Å². The Balaban J connectivity index is 2.16. The smallest absolute Gasteiger partial charge is 0.0515 e. The standard InChI is InChI=1S/C14H17N3/c1-11-4-2-5-12(8-11)9-14(17-15)13-6-3-7-16-10-13/h2-8,10,14,17H,9,15H2,1H3. The van der Waals surface area contributed by atoms with Crippen molar-refractivity contribution in [1.29, 1.82) is 0 Å². The average Bonchev–Trinajstić information content (AvgIpc) is 2.37. The van der Waals surface area contributed by atoms with E-state index in [1.165, 1.54) is 11.1 Å². The first kappa shape index (κ1) is 11.8. The molecule has 0 spiro atoms. The van der Waals surface area contributed by atoms with Crippen molar-refractivity contribution in [2.75, 3.05) is 0 Å². The normalized spacial score (nSPS) is 12.4. The third-order valence-electron chi connectivity index (χ3n) is 2.81. The van der Waals surface area contributed by atoms with Gasteiger partial charge in [-0.3, -0.25) is 16.3 Å². The van der Waals surface area contributed by atoms with Crippen LogP contribution in [0.1, 0.15) is 22.7 Å². The first-order chi connectivity index (χ1) is 8.29. The SMILES string of the molecule is Cc1cccc(CC(NN)c2cccnc2)c1. The van der Waals surface area contributed by atoms with Crippen LogP contribution in [-0.2, 0) is 6.42 Å². The first-order valence-corrected chi connectivity index (χ1v) is 5.71. The van der Waals surface area contributed by atoms with E-state index in [1.54, 1.807) is 6.20 Å². The molecule has 3 heteroatoms. The molecule has 1 heterocycles. The van der Waals surface area contributed by atoms with Crippen LogP contribution in [0.5, 0.6) is 0 Å². The lowest BCUT2D eigenvalue weighted by atomic mass is 10.00. The summed E-state index contributed by atoms with van der Waals surface area (Å²) in [5.74, 6) is 5.61. The van der Waals surface area contributed by atoms with Crippen molar-refractivity contribution >= 4 is 0 Å². The highest BCUT2D eigenvalue weighted by atomic mass is 15.2. The molecule has 3 N–H and O–H groups in total. The highest BCUT2D eigenvalue weighted by molar-refractivity contribution is 5.25. The Morgan fingerprint density at radius 3 is 2.82 bits per heavy atom. The number of nitrogens with one attached hydrogen (secondary N) is 1. The maximum atomic E-state index is 5.61. The lowest BCUT2D eigenvalue weighted by molar-refractivity contribution is 0.550. The second-order valence-corrected chi connectivity index (χ2v) is 4.20. The van der Waals surface area contributed by atoms with Gasteiger partial charge in [-0.1, -0.05) is 35.9 Å². The van der Waals surface area contributed by atoms with Crippen LogP contribution >= 0.6 is 0 Å². The zero-order valence-corrected chi connectivity index (χ0v) is 9.93. The number of hydrazine groups is 1. The summed E-state index contributed by atoms with van der Waals surface area (Å²) in [5, 5.41) is 0. The van der Waals surface area contributed by atoms with Crippen LogP contribution in [0.2, 0.25) is 0 Å². The fourth-order valence-electron chi connectivity index (χ4n) is 1.93. The summed E-state index contributed by atoms with van der Waals surface area (Å²) in [5.41, 5.74) is 6.50. The lowest BCUT2D eigenvalue weighted by Crippen LogP contribution is -2.29. The average molecular weight is 227 g/mol. The number of pyridine rings is 1. The number of aromatic nitrogens is 1. The van der Waals surface area contributed by atoms with E-state index < -0.39 is 0 Å². The van der Waals surface area contributed by atoms with E-state index in [0.29, 0.717) is 0 Å². The molecule has 0 aliphatic rings. The quantitative estimate of drug-likeness (QED) is 0.621. The Morgan fingerprint density at radius 2 is 2.18 bits per heavy atom. The molecule has 2 rings (SSSR count). The molecule has 1 aromatic carbocycles. The van der Waals surface area contributed by atoms with Crippen LogP contribution in [0.15, 0.2) is 48.8 Å². The van der Waals surface area contributed by atoms with Crippen molar-refractivity contribution in [3.63, 3.8) is 0 Å². The van der Waals surface area contributed by atoms with Crippen LogP contribution in [-0.4, -0.2) is 4.98 Å². The van der Waals surface area contributed by atoms with Gasteiger partial charge in [-0.2, -0.15) is 0 Å². The molecular weight excluding hydrogens is 210 g/mol. The number of nitrogens with zero attached hydrogens (tertiary/aromatic N) is 1. The Bertz CT molecular complexity index is 468. The largest absolute Gasteiger partial charge is 0.271 e. The van der Waals surface area contributed by atoms with Crippen LogP contribution in [0, 0.1) is 6.92 Å². The van der Waals surface area contributed by atoms with Crippen molar-refractivity contribution in [1.82, 2.24) is 10.4 Å². The molecular formula is C14H17N3. The van der Waals surface area contributed by atoms with E-state index in [2.05, 4.69) is 41.6 Å². The fourth-order valence-corrected chi connectivity index (χ4v) is 1.93. The number of rotatable bonds is 4. The van der Waals surface area contributed by atoms with Gasteiger partial charge in [0.1, 0.15) is 0 Å². The van der Waals surface area contributed by atoms with Gasteiger partial charge >= 0.3 is 0 Å². The number of benzene rings is 1. The maximum absolute atomic E-state index is 5.61. The lowest BCUT2D eigenvalue weighted by Gasteiger charge is -2.16. The molecule has 2 aromatic rings. The van der Waals surface area contributed by atoms with E-state index in [9.17, 15) is 0 Å². The fraction of sp³-hybridized carbons (Fsp3) is 0.214. The second-order valence-electron chi connectivity index (χ2n) is 4.20. The number of hydrogen-bond donors (Lipinski definition) is 2. The van der Waals surface area contributed by atoms with Crippen molar-refractivity contribution in [3.8, 4) is 0 Å². The first-order valence-electron chi connectivity index (χ1n) is 5.71. The van der Waals surface area contributed by atoms with Crippen molar-refractivity contribution in [2.24, 2.45) is 5.84 Å². The van der Waals surface area contributed by atoms with E-state index in [0.717, 1.165) is 12.0 Å². The molecule has 88 valence electrons. The summed E-state index contributed by atoms with van der Waals surface area (Å²) in [6.07, 6.45) is 4.48. The molecule has 0 aliphatic heterocycles. The molecule has 3 nitrogen and oxygen atoms in total. The number of aryl methyl sites for hydroxylation is 1. The molecule has 0 fully saturated rings. The summed E-state index contributed by atoms with van der Waals surface area (Å²) < 4.78 is 0. The predicted molar refractivity (Wildman–Crippen MR) is 69.2 cm³/mol. The van der Waals surface area contributed by atoms with Crippen LogP contribution in [0.25, 0.3) is 0 Å². The van der Waals surface area contributed by atoms with Crippen molar-refractivity contribution < 1.29 is 0 Å². The highest BCUT2D eigenvalue weighted by Crippen LogP contribution is 2.17. The van der Waals surface area contributed by atoms with Gasteiger partial charge in [0.05, 0.1) is 6.04 Å². The minimum atomic E-state index is 0.102. The summed E-state index contributed by atoms with van der Waals surface area (Å²) in [6.45, 7) is 2.10. The van der Waals surface area contributed by atoms with Gasteiger partial charge in [-0.05, 0) is 30.5 Å². The number of nitrogens with two attached hydrogens (primary N) is 1. The van der Waals surface area contributed by atoms with Gasteiger partial charge in [0.2, 0.25) is 0 Å². The molecule has 0 aliphatic carbocycles. The van der Waals surface area contributed by atoms with Crippen LogP contribution in [0.3, 0.4) is 0 Å². The van der Waals surface area contributed by atoms with Gasteiger partial charge < -0.3 is 0 Å². The zero-order valence-electron chi connectivity index (χ0n) is 9.93. The molecule has 0 radical (unpaired) electrons. The van der Waals surface area contributed by atoms with E-state index in [4.69, 9.17) is 5.84 Å². The van der Waals surface area contributed by atoms with E-state index in [-0.39, 0.29) is 6.04 Å². The molecule has 0 amide bonds. The molecule has 17 heavy (non-hydrogen) atoms. The van der Waals surface area contributed by atoms with Gasteiger partial charge in [-0.25, -0.2) is 0 Å². The molecule has 1 unspecified atom stereocenters. The Kier molecular flexibility index (Phi) is 3.85. The Hall–Kier alpha value is -1.71. The number of hydrogen-bond acceptors (Lipinski definition) is 3. The van der Waals surface area contributed by atoms with Crippen molar-refractivity contribution in [3.05, 3.63) is 65.5 Å². The minimum absolute atomic E-state index is 0.102. The predicted octanol–water partition coefficient (Wildman–Crippen LogP) is 2.14. The Labute approximate surface area is 102 Å². The van der Waals surface area contributed by atoms with Crippen LogP contribution < -0.4 is 11.3 Å². The molecule has 0 saturated heterocycles. The van der Waals surface area contributed by atoms with Gasteiger partial charge in [-0.15, -0.1) is 0 Å². The van der Waals surface area contributed by atoms with Crippen molar-refractivity contribution in [2.45, 2.75) is 19.4 Å². The second kappa shape index (κ2) is 5.57. The van der Waals surface area contributed by atoms with Crippen LogP contribution in [0.4, 0.5) is 0 Å². The molecule has 1 atom stereocenters.